The zero-order valence-electron chi connectivity index (χ0n) is 44.5. The molecule has 0 aromatic carbocycles. The molecule has 2 fully saturated rings. The molecule has 2 aliphatic heterocycles. The third-order valence-corrected chi connectivity index (χ3v) is 14.1. The first-order valence-electron chi connectivity index (χ1n) is 28.7. The van der Waals surface area contributed by atoms with Crippen LogP contribution in [-0.4, -0.2) is 140 Å². The third-order valence-electron chi connectivity index (χ3n) is 14.1. The van der Waals surface area contributed by atoms with Gasteiger partial charge in [0.2, 0.25) is 5.91 Å². The lowest BCUT2D eigenvalue weighted by atomic mass is 9.97. The van der Waals surface area contributed by atoms with Crippen molar-refractivity contribution in [3.63, 3.8) is 0 Å². The van der Waals surface area contributed by atoms with Gasteiger partial charge < -0.3 is 65.1 Å². The normalized spacial score (nSPS) is 26.0. The number of aliphatic hydroxyl groups excluding tert-OH is 8. The molecule has 0 bridgehead atoms. The van der Waals surface area contributed by atoms with E-state index < -0.39 is 86.8 Å². The van der Waals surface area contributed by atoms with E-state index in [9.17, 15) is 45.6 Å². The Labute approximate surface area is 430 Å². The van der Waals surface area contributed by atoms with Crippen LogP contribution >= 0.6 is 0 Å². The van der Waals surface area contributed by atoms with Crippen LogP contribution in [0.5, 0.6) is 0 Å². The van der Waals surface area contributed by atoms with Gasteiger partial charge in [0, 0.05) is 6.42 Å². The predicted molar refractivity (Wildman–Crippen MR) is 281 cm³/mol. The van der Waals surface area contributed by atoms with Gasteiger partial charge >= 0.3 is 0 Å². The summed E-state index contributed by atoms with van der Waals surface area (Å²) in [6, 6.07) is -0.918. The van der Waals surface area contributed by atoms with Crippen LogP contribution in [0.15, 0.2) is 36.5 Å². The standard InChI is InChI=1S/C57H105NO13/c1-3-5-7-9-11-13-15-17-19-21-22-23-25-26-28-30-32-34-36-38-40-46(61)45(58-49(62)41-39-37-35-33-31-29-27-24-20-18-16-14-12-10-8-6-4-2)44-68-56-54(67)52(65)55(48(43-60)70-56)71-57-53(66)51(64)50(63)47(42-59)69-57/h12,14,18,20,38,40,45-48,50-57,59-61,63-67H,3-11,13,15-17,19,21-37,39,41-44H2,1-2H3,(H,58,62)/b14-12-,20-18-,40-38+. The van der Waals surface area contributed by atoms with E-state index in [-0.39, 0.29) is 18.9 Å². The van der Waals surface area contributed by atoms with Gasteiger partial charge in [0.1, 0.15) is 48.8 Å². The number of aliphatic hydroxyl groups is 8. The molecular weight excluding hydrogens is 907 g/mol. The van der Waals surface area contributed by atoms with Crippen LogP contribution in [0, 0.1) is 0 Å². The Bertz CT molecular complexity index is 1330. The summed E-state index contributed by atoms with van der Waals surface area (Å²) >= 11 is 0. The highest BCUT2D eigenvalue weighted by molar-refractivity contribution is 5.76. The predicted octanol–water partition coefficient (Wildman–Crippen LogP) is 9.05. The van der Waals surface area contributed by atoms with Gasteiger partial charge in [-0.3, -0.25) is 4.79 Å². The summed E-state index contributed by atoms with van der Waals surface area (Å²) < 4.78 is 22.8. The van der Waals surface area contributed by atoms with E-state index in [4.69, 9.17) is 18.9 Å². The van der Waals surface area contributed by atoms with Crippen LogP contribution in [0.4, 0.5) is 0 Å². The Morgan fingerprint density at radius 1 is 0.507 bits per heavy atom. The number of amides is 1. The molecule has 2 saturated heterocycles. The molecule has 14 heteroatoms. The number of carbonyl (C=O) groups is 1. The van der Waals surface area contributed by atoms with Crippen molar-refractivity contribution >= 4 is 5.91 Å². The molecule has 0 aliphatic carbocycles. The fraction of sp³-hybridized carbons (Fsp3) is 0.877. The minimum absolute atomic E-state index is 0.247. The number of hydrogen-bond donors (Lipinski definition) is 9. The Morgan fingerprint density at radius 2 is 0.930 bits per heavy atom. The first-order chi connectivity index (χ1) is 34.6. The number of carbonyl (C=O) groups excluding carboxylic acids is 1. The maximum Gasteiger partial charge on any atom is 0.220 e. The lowest BCUT2D eigenvalue weighted by Crippen LogP contribution is -2.65. The van der Waals surface area contributed by atoms with Crippen LogP contribution in [0.1, 0.15) is 226 Å². The number of hydrogen-bond acceptors (Lipinski definition) is 13. The highest BCUT2D eigenvalue weighted by atomic mass is 16.7. The smallest absolute Gasteiger partial charge is 0.220 e. The molecule has 0 saturated carbocycles. The van der Waals surface area contributed by atoms with Crippen molar-refractivity contribution in [2.45, 2.75) is 299 Å². The van der Waals surface area contributed by atoms with E-state index in [0.29, 0.717) is 6.42 Å². The van der Waals surface area contributed by atoms with Crippen LogP contribution in [0.3, 0.4) is 0 Å². The van der Waals surface area contributed by atoms with Gasteiger partial charge in [-0.15, -0.1) is 0 Å². The molecule has 1 amide bonds. The summed E-state index contributed by atoms with van der Waals surface area (Å²) in [5, 5.41) is 87.0. The molecule has 71 heavy (non-hydrogen) atoms. The van der Waals surface area contributed by atoms with E-state index in [1.807, 2.05) is 6.08 Å². The van der Waals surface area contributed by atoms with Crippen molar-refractivity contribution < 1.29 is 64.6 Å². The second-order valence-corrected chi connectivity index (χ2v) is 20.4. The lowest BCUT2D eigenvalue weighted by molar-refractivity contribution is -0.359. The van der Waals surface area contributed by atoms with Crippen molar-refractivity contribution in [2.24, 2.45) is 0 Å². The molecule has 9 N–H and O–H groups in total. The van der Waals surface area contributed by atoms with Gasteiger partial charge in [-0.1, -0.05) is 204 Å². The number of allylic oxidation sites excluding steroid dienone is 5. The van der Waals surface area contributed by atoms with Gasteiger partial charge in [-0.2, -0.15) is 0 Å². The molecule has 12 atom stereocenters. The number of rotatable bonds is 45. The van der Waals surface area contributed by atoms with Crippen molar-refractivity contribution in [3.8, 4) is 0 Å². The quantitative estimate of drug-likeness (QED) is 0.0205. The molecule has 12 unspecified atom stereocenters. The molecule has 416 valence electrons. The first kappa shape index (κ1) is 65.3. The Kier molecular flexibility index (Phi) is 40.0. The van der Waals surface area contributed by atoms with E-state index in [1.54, 1.807) is 6.08 Å². The highest BCUT2D eigenvalue weighted by Crippen LogP contribution is 2.30. The Hall–Kier alpha value is -1.79. The van der Waals surface area contributed by atoms with Gasteiger partial charge in [-0.05, 0) is 51.4 Å². The van der Waals surface area contributed by atoms with Crippen molar-refractivity contribution in [1.29, 1.82) is 0 Å². The molecule has 14 nitrogen and oxygen atoms in total. The van der Waals surface area contributed by atoms with Crippen LogP contribution < -0.4 is 5.32 Å². The fourth-order valence-corrected chi connectivity index (χ4v) is 9.38. The van der Waals surface area contributed by atoms with Gasteiger partial charge in [-0.25, -0.2) is 0 Å². The van der Waals surface area contributed by atoms with Gasteiger partial charge in [0.05, 0.1) is 32.0 Å². The molecule has 0 radical (unpaired) electrons. The number of unbranched alkanes of at least 4 members (excludes halogenated alkanes) is 28. The highest BCUT2D eigenvalue weighted by Gasteiger charge is 2.51. The summed E-state index contributed by atoms with van der Waals surface area (Å²) in [6.07, 6.45) is 34.6. The minimum Gasteiger partial charge on any atom is -0.394 e. The van der Waals surface area contributed by atoms with Crippen molar-refractivity contribution in [2.75, 3.05) is 19.8 Å². The maximum atomic E-state index is 13.2. The number of nitrogens with one attached hydrogen (secondary N) is 1. The molecule has 0 aromatic heterocycles. The average molecular weight is 1010 g/mol. The number of ether oxygens (including phenoxy) is 4. The van der Waals surface area contributed by atoms with E-state index in [1.165, 1.54) is 141 Å². The second-order valence-electron chi connectivity index (χ2n) is 20.4. The fourth-order valence-electron chi connectivity index (χ4n) is 9.38. The molecular formula is C57H105NO13. The molecule has 0 spiro atoms. The topological polar surface area (TPSA) is 228 Å². The summed E-state index contributed by atoms with van der Waals surface area (Å²) in [5.41, 5.74) is 0. The molecule has 2 aliphatic rings. The SMILES string of the molecule is CCCCC/C=C\C/C=C\CCCCCCCCCC(=O)NC(COC1OC(CO)C(OC2OC(CO)C(O)C(O)C2O)C(O)C1O)C(O)/C=C/CCCCCCCCCCCCCCCCCCCC. The third kappa shape index (κ3) is 29.8. The minimum atomic E-state index is -1.79. The largest absolute Gasteiger partial charge is 0.394 e. The van der Waals surface area contributed by atoms with Crippen LogP contribution in [0.25, 0.3) is 0 Å². The zero-order valence-corrected chi connectivity index (χ0v) is 44.5. The van der Waals surface area contributed by atoms with Crippen molar-refractivity contribution in [3.05, 3.63) is 36.5 Å². The van der Waals surface area contributed by atoms with Gasteiger partial charge in [0.25, 0.3) is 0 Å². The Balaban J connectivity index is 1.80. The summed E-state index contributed by atoms with van der Waals surface area (Å²) in [5.74, 6) is -0.247. The van der Waals surface area contributed by atoms with Crippen molar-refractivity contribution in [1.82, 2.24) is 5.32 Å². The van der Waals surface area contributed by atoms with Crippen LogP contribution in [-0.2, 0) is 23.7 Å². The Morgan fingerprint density at radius 3 is 1.44 bits per heavy atom. The first-order valence-corrected chi connectivity index (χ1v) is 28.7. The van der Waals surface area contributed by atoms with Gasteiger partial charge in [0.15, 0.2) is 12.6 Å². The molecule has 2 rings (SSSR count). The molecule has 0 aromatic rings. The summed E-state index contributed by atoms with van der Waals surface area (Å²) in [6.45, 7) is 2.77. The summed E-state index contributed by atoms with van der Waals surface area (Å²) in [7, 11) is 0. The average Bonchev–Trinajstić information content (AvgIpc) is 3.37. The maximum absolute atomic E-state index is 13.2. The van der Waals surface area contributed by atoms with Crippen LogP contribution in [0.2, 0.25) is 0 Å². The monoisotopic (exact) mass is 1010 g/mol. The zero-order chi connectivity index (χ0) is 51.7. The van der Waals surface area contributed by atoms with E-state index in [2.05, 4.69) is 43.5 Å². The molecule has 2 heterocycles. The lowest BCUT2D eigenvalue weighted by Gasteiger charge is -2.46. The van der Waals surface area contributed by atoms with E-state index >= 15 is 0 Å². The second kappa shape index (κ2) is 43.4. The summed E-state index contributed by atoms with van der Waals surface area (Å²) in [4.78, 5) is 13.2. The van der Waals surface area contributed by atoms with E-state index in [0.717, 1.165) is 57.8 Å².